The molecule has 2 rings (SSSR count). The fourth-order valence-electron chi connectivity index (χ4n) is 1.54. The maximum atomic E-state index is 11.5. The van der Waals surface area contributed by atoms with E-state index in [1.54, 1.807) is 12.1 Å². The monoisotopic (exact) mass is 246 g/mol. The van der Waals surface area contributed by atoms with Gasteiger partial charge in [-0.2, -0.15) is 0 Å². The molecule has 1 aromatic heterocycles. The summed E-state index contributed by atoms with van der Waals surface area (Å²) in [4.78, 5) is 36.0. The van der Waals surface area contributed by atoms with Gasteiger partial charge in [-0.15, -0.1) is 0 Å². The number of hydrogen-bond acceptors (Lipinski definition) is 3. The largest absolute Gasteiger partial charge is 0.478 e. The number of aromatic nitrogens is 2. The van der Waals surface area contributed by atoms with Crippen molar-refractivity contribution < 1.29 is 9.90 Å². The second-order valence-electron chi connectivity index (χ2n) is 3.71. The van der Waals surface area contributed by atoms with Crippen molar-refractivity contribution >= 4 is 5.97 Å². The third kappa shape index (κ3) is 2.37. The molecule has 2 aromatic rings. The average molecular weight is 246 g/mol. The summed E-state index contributed by atoms with van der Waals surface area (Å²) in [5.74, 6) is -1.02. The van der Waals surface area contributed by atoms with Crippen LogP contribution in [-0.4, -0.2) is 20.6 Å². The third-order valence-corrected chi connectivity index (χ3v) is 2.49. The Bertz CT molecular complexity index is 654. The number of hydrogen-bond donors (Lipinski definition) is 2. The van der Waals surface area contributed by atoms with Gasteiger partial charge in [0.2, 0.25) is 0 Å². The molecule has 0 fully saturated rings. The fraction of sp³-hybridized carbons (Fsp3) is 0.0833. The summed E-state index contributed by atoms with van der Waals surface area (Å²) in [6.45, 7) is 0.106. The van der Waals surface area contributed by atoms with E-state index in [1.807, 2.05) is 0 Å². The van der Waals surface area contributed by atoms with Crippen molar-refractivity contribution in [1.82, 2.24) is 9.55 Å². The van der Waals surface area contributed by atoms with E-state index in [9.17, 15) is 14.4 Å². The number of carboxylic acids is 1. The second-order valence-corrected chi connectivity index (χ2v) is 3.71. The van der Waals surface area contributed by atoms with Gasteiger partial charge in [0.05, 0.1) is 12.1 Å². The molecule has 2 N–H and O–H groups in total. The summed E-state index contributed by atoms with van der Waals surface area (Å²) in [6.07, 6.45) is 1.29. The lowest BCUT2D eigenvalue weighted by atomic mass is 10.1. The number of nitrogens with zero attached hydrogens (tertiary/aromatic N) is 1. The minimum absolute atomic E-state index is 0.106. The van der Waals surface area contributed by atoms with Gasteiger partial charge in [-0.05, 0) is 17.7 Å². The molecule has 0 aliphatic rings. The van der Waals surface area contributed by atoms with Crippen molar-refractivity contribution in [3.05, 3.63) is 68.5 Å². The van der Waals surface area contributed by atoms with Crippen LogP contribution in [0.2, 0.25) is 0 Å². The zero-order chi connectivity index (χ0) is 13.1. The molecular formula is C12H10N2O4. The molecule has 0 bridgehead atoms. The smallest absolute Gasteiger partial charge is 0.335 e. The van der Waals surface area contributed by atoms with E-state index in [0.29, 0.717) is 5.56 Å². The summed E-state index contributed by atoms with van der Waals surface area (Å²) in [6, 6.07) is 7.26. The van der Waals surface area contributed by atoms with Gasteiger partial charge in [-0.25, -0.2) is 9.59 Å². The maximum absolute atomic E-state index is 11.5. The lowest BCUT2D eigenvalue weighted by molar-refractivity contribution is 0.0697. The lowest BCUT2D eigenvalue weighted by Crippen LogP contribution is -2.34. The fourth-order valence-corrected chi connectivity index (χ4v) is 1.54. The van der Waals surface area contributed by atoms with Crippen LogP contribution in [-0.2, 0) is 6.54 Å². The Morgan fingerprint density at radius 2 is 1.83 bits per heavy atom. The third-order valence-electron chi connectivity index (χ3n) is 2.49. The first-order valence-corrected chi connectivity index (χ1v) is 5.19. The van der Waals surface area contributed by atoms with Gasteiger partial charge in [0, 0.05) is 12.3 Å². The maximum Gasteiger partial charge on any atom is 0.335 e. The van der Waals surface area contributed by atoms with E-state index in [1.165, 1.54) is 24.4 Å². The summed E-state index contributed by atoms with van der Waals surface area (Å²) < 4.78 is 1.04. The van der Waals surface area contributed by atoms with Crippen molar-refractivity contribution in [1.29, 1.82) is 0 Å². The first-order chi connectivity index (χ1) is 8.58. The molecule has 92 valence electrons. The van der Waals surface area contributed by atoms with Crippen molar-refractivity contribution in [2.24, 2.45) is 0 Å². The number of aromatic carboxylic acids is 1. The van der Waals surface area contributed by atoms with Gasteiger partial charge in [0.15, 0.2) is 0 Å². The first-order valence-electron chi connectivity index (χ1n) is 5.19. The summed E-state index contributed by atoms with van der Waals surface area (Å²) in [5.41, 5.74) is -0.0576. The lowest BCUT2D eigenvalue weighted by Gasteiger charge is -2.04. The van der Waals surface area contributed by atoms with Gasteiger partial charge >= 0.3 is 11.7 Å². The normalized spacial score (nSPS) is 10.2. The minimum Gasteiger partial charge on any atom is -0.478 e. The Morgan fingerprint density at radius 1 is 1.17 bits per heavy atom. The van der Waals surface area contributed by atoms with Crippen LogP contribution < -0.4 is 11.2 Å². The van der Waals surface area contributed by atoms with E-state index in [4.69, 9.17) is 5.11 Å². The Labute approximate surface area is 101 Å². The molecule has 0 unspecified atom stereocenters. The molecule has 6 nitrogen and oxygen atoms in total. The highest BCUT2D eigenvalue weighted by atomic mass is 16.4. The van der Waals surface area contributed by atoms with E-state index in [-0.39, 0.29) is 12.1 Å². The topological polar surface area (TPSA) is 92.2 Å². The second kappa shape index (κ2) is 4.70. The van der Waals surface area contributed by atoms with E-state index in [2.05, 4.69) is 4.98 Å². The number of carboxylic acid groups (broad SMARTS) is 1. The van der Waals surface area contributed by atoms with Crippen LogP contribution in [0.3, 0.4) is 0 Å². The highest BCUT2D eigenvalue weighted by Gasteiger charge is 2.04. The summed E-state index contributed by atoms with van der Waals surface area (Å²) in [7, 11) is 0. The zero-order valence-corrected chi connectivity index (χ0v) is 9.29. The van der Waals surface area contributed by atoms with Crippen LogP contribution >= 0.6 is 0 Å². The molecule has 1 heterocycles. The van der Waals surface area contributed by atoms with Crippen LogP contribution in [0.4, 0.5) is 0 Å². The predicted molar refractivity (Wildman–Crippen MR) is 63.8 cm³/mol. The minimum atomic E-state index is -1.02. The molecule has 0 aliphatic carbocycles. The molecule has 0 spiro atoms. The standard InChI is InChI=1S/C12H10N2O4/c15-10-5-6-13-12(18)14(10)7-8-1-3-9(4-2-8)11(16)17/h1-6H,7H2,(H,13,18)(H,16,17). The number of aromatic amines is 1. The van der Waals surface area contributed by atoms with Crippen LogP contribution in [0.15, 0.2) is 46.1 Å². The molecule has 0 atom stereocenters. The van der Waals surface area contributed by atoms with Crippen LogP contribution in [0, 0.1) is 0 Å². The molecule has 0 radical (unpaired) electrons. The molecule has 6 heteroatoms. The first kappa shape index (κ1) is 11.8. The molecular weight excluding hydrogens is 236 g/mol. The quantitative estimate of drug-likeness (QED) is 0.813. The van der Waals surface area contributed by atoms with Gasteiger partial charge < -0.3 is 10.1 Å². The number of benzene rings is 1. The zero-order valence-electron chi connectivity index (χ0n) is 9.29. The number of H-pyrrole nitrogens is 1. The molecule has 1 aromatic carbocycles. The van der Waals surface area contributed by atoms with E-state index < -0.39 is 17.2 Å². The number of carbonyl (C=O) groups is 1. The molecule has 0 saturated heterocycles. The van der Waals surface area contributed by atoms with Gasteiger partial charge in [-0.1, -0.05) is 12.1 Å². The van der Waals surface area contributed by atoms with Gasteiger partial charge in [-0.3, -0.25) is 9.36 Å². The van der Waals surface area contributed by atoms with Gasteiger partial charge in [0.1, 0.15) is 0 Å². The van der Waals surface area contributed by atoms with Crippen molar-refractivity contribution in [2.75, 3.05) is 0 Å². The highest BCUT2D eigenvalue weighted by molar-refractivity contribution is 5.87. The van der Waals surface area contributed by atoms with Crippen molar-refractivity contribution in [2.45, 2.75) is 6.54 Å². The van der Waals surface area contributed by atoms with Crippen LogP contribution in [0.1, 0.15) is 15.9 Å². The van der Waals surface area contributed by atoms with Crippen molar-refractivity contribution in [3.8, 4) is 0 Å². The van der Waals surface area contributed by atoms with Crippen LogP contribution in [0.25, 0.3) is 0 Å². The Hall–Kier alpha value is -2.63. The SMILES string of the molecule is O=C(O)c1ccc(Cn2c(=O)cc[nH]c2=O)cc1. The number of nitrogens with one attached hydrogen (secondary N) is 1. The number of rotatable bonds is 3. The molecule has 0 saturated carbocycles. The molecule has 0 aliphatic heterocycles. The highest BCUT2D eigenvalue weighted by Crippen LogP contribution is 2.04. The van der Waals surface area contributed by atoms with Crippen molar-refractivity contribution in [3.63, 3.8) is 0 Å². The van der Waals surface area contributed by atoms with E-state index in [0.717, 1.165) is 4.57 Å². The molecule has 0 amide bonds. The molecule has 18 heavy (non-hydrogen) atoms. The Morgan fingerprint density at radius 3 is 2.39 bits per heavy atom. The summed E-state index contributed by atoms with van der Waals surface area (Å²) in [5, 5.41) is 8.74. The van der Waals surface area contributed by atoms with E-state index >= 15 is 0 Å². The Kier molecular flexibility index (Phi) is 3.09. The summed E-state index contributed by atoms with van der Waals surface area (Å²) >= 11 is 0. The van der Waals surface area contributed by atoms with Gasteiger partial charge in [0.25, 0.3) is 5.56 Å². The predicted octanol–water partition coefficient (Wildman–Crippen LogP) is 0.283. The average Bonchev–Trinajstić information content (AvgIpc) is 2.34. The Balaban J connectivity index is 2.32. The van der Waals surface area contributed by atoms with Crippen LogP contribution in [0.5, 0.6) is 0 Å².